The van der Waals surface area contributed by atoms with Crippen LogP contribution in [0.15, 0.2) is 65.9 Å². The molecule has 0 unspecified atom stereocenters. The van der Waals surface area contributed by atoms with Crippen LogP contribution in [0.1, 0.15) is 30.5 Å². The van der Waals surface area contributed by atoms with E-state index in [1.54, 1.807) is 11.9 Å². The Kier molecular flexibility index (Phi) is 6.84. The number of amides is 1. The molecule has 0 radical (unpaired) electrons. The molecule has 3 rings (SSSR count). The lowest BCUT2D eigenvalue weighted by Crippen LogP contribution is -2.46. The minimum atomic E-state index is -0.456. The molecule has 0 spiro atoms. The number of allylic oxidation sites excluding steroid dienone is 1. The van der Waals surface area contributed by atoms with Crippen LogP contribution in [-0.2, 0) is 20.7 Å². The third kappa shape index (κ3) is 4.86. The van der Waals surface area contributed by atoms with Gasteiger partial charge in [-0.15, -0.1) is 0 Å². The van der Waals surface area contributed by atoms with Crippen LogP contribution in [0.2, 0.25) is 0 Å². The SMILES string of the molecule is COC(=O)C1=C(C)N(C)C(=S)N[C@H]1c1cccc(NC(=O)CCc2ccccc2)c1. The summed E-state index contributed by atoms with van der Waals surface area (Å²) in [7, 11) is 3.16. The number of esters is 1. The first-order chi connectivity index (χ1) is 14.4. The zero-order valence-corrected chi connectivity index (χ0v) is 18.1. The van der Waals surface area contributed by atoms with E-state index >= 15 is 0 Å². The number of carbonyl (C=O) groups is 2. The molecule has 1 heterocycles. The van der Waals surface area contributed by atoms with Crippen LogP contribution in [0.3, 0.4) is 0 Å². The molecule has 0 aliphatic carbocycles. The summed E-state index contributed by atoms with van der Waals surface area (Å²) in [5, 5.41) is 6.65. The smallest absolute Gasteiger partial charge is 0.337 e. The van der Waals surface area contributed by atoms with Crippen molar-refractivity contribution in [3.8, 4) is 0 Å². The van der Waals surface area contributed by atoms with E-state index in [9.17, 15) is 9.59 Å². The minimum Gasteiger partial charge on any atom is -0.466 e. The zero-order valence-electron chi connectivity index (χ0n) is 17.3. The molecule has 2 aromatic carbocycles. The number of ether oxygens (including phenoxy) is 1. The number of nitrogens with zero attached hydrogens (tertiary/aromatic N) is 1. The van der Waals surface area contributed by atoms with Gasteiger partial charge in [0, 0.05) is 24.9 Å². The summed E-state index contributed by atoms with van der Waals surface area (Å²) in [4.78, 5) is 26.6. The Balaban J connectivity index is 1.77. The van der Waals surface area contributed by atoms with Gasteiger partial charge in [0.05, 0.1) is 18.7 Å². The van der Waals surface area contributed by atoms with Crippen molar-refractivity contribution >= 4 is 34.9 Å². The Labute approximate surface area is 181 Å². The molecule has 0 aromatic heterocycles. The lowest BCUT2D eigenvalue weighted by molar-refractivity contribution is -0.136. The van der Waals surface area contributed by atoms with Crippen molar-refractivity contribution in [2.45, 2.75) is 25.8 Å². The predicted octanol–water partition coefficient (Wildman–Crippen LogP) is 3.57. The molecular formula is C23H25N3O3S. The fraction of sp³-hybridized carbons (Fsp3) is 0.261. The number of thiocarbonyl (C=S) groups is 1. The van der Waals surface area contributed by atoms with E-state index in [0.29, 0.717) is 29.2 Å². The molecule has 2 aromatic rings. The monoisotopic (exact) mass is 423 g/mol. The number of methoxy groups -OCH3 is 1. The van der Waals surface area contributed by atoms with Crippen LogP contribution in [-0.4, -0.2) is 36.0 Å². The van der Waals surface area contributed by atoms with Crippen molar-refractivity contribution < 1.29 is 14.3 Å². The quantitative estimate of drug-likeness (QED) is 0.547. The Morgan fingerprint density at radius 1 is 1.17 bits per heavy atom. The third-order valence-corrected chi connectivity index (χ3v) is 5.54. The number of nitrogens with one attached hydrogen (secondary N) is 2. The van der Waals surface area contributed by atoms with Gasteiger partial charge in [-0.3, -0.25) is 4.79 Å². The second-order valence-corrected chi connectivity index (χ2v) is 7.48. The Hall–Kier alpha value is -3.19. The fourth-order valence-corrected chi connectivity index (χ4v) is 3.64. The van der Waals surface area contributed by atoms with Crippen LogP contribution >= 0.6 is 12.2 Å². The summed E-state index contributed by atoms with van der Waals surface area (Å²) >= 11 is 5.40. The van der Waals surface area contributed by atoms with Crippen molar-refractivity contribution in [1.29, 1.82) is 0 Å². The maximum atomic E-state index is 12.4. The van der Waals surface area contributed by atoms with E-state index in [1.165, 1.54) is 7.11 Å². The Bertz CT molecular complexity index is 988. The van der Waals surface area contributed by atoms with E-state index < -0.39 is 12.0 Å². The molecule has 0 fully saturated rings. The van der Waals surface area contributed by atoms with Gasteiger partial charge in [0.2, 0.25) is 5.91 Å². The summed E-state index contributed by atoms with van der Waals surface area (Å²) in [5.74, 6) is -0.487. The first-order valence-electron chi connectivity index (χ1n) is 9.67. The van der Waals surface area contributed by atoms with E-state index in [-0.39, 0.29) is 5.91 Å². The molecule has 1 aliphatic heterocycles. The van der Waals surface area contributed by atoms with Gasteiger partial charge in [-0.25, -0.2) is 4.79 Å². The molecule has 30 heavy (non-hydrogen) atoms. The predicted molar refractivity (Wildman–Crippen MR) is 121 cm³/mol. The van der Waals surface area contributed by atoms with Gasteiger partial charge in [0.1, 0.15) is 0 Å². The highest BCUT2D eigenvalue weighted by atomic mass is 32.1. The molecule has 1 amide bonds. The highest BCUT2D eigenvalue weighted by Gasteiger charge is 2.33. The van der Waals surface area contributed by atoms with E-state index in [0.717, 1.165) is 16.8 Å². The molecule has 6 nitrogen and oxygen atoms in total. The van der Waals surface area contributed by atoms with Gasteiger partial charge < -0.3 is 20.3 Å². The second kappa shape index (κ2) is 9.54. The van der Waals surface area contributed by atoms with Crippen LogP contribution < -0.4 is 10.6 Å². The normalized spacial score (nSPS) is 16.2. The number of hydrogen-bond acceptors (Lipinski definition) is 4. The highest BCUT2D eigenvalue weighted by Crippen LogP contribution is 2.31. The van der Waals surface area contributed by atoms with Gasteiger partial charge in [0.25, 0.3) is 0 Å². The lowest BCUT2D eigenvalue weighted by Gasteiger charge is -2.35. The third-order valence-electron chi connectivity index (χ3n) is 5.15. The minimum absolute atomic E-state index is 0.0669. The number of carbonyl (C=O) groups excluding carboxylic acids is 2. The van der Waals surface area contributed by atoms with Crippen LogP contribution in [0.5, 0.6) is 0 Å². The van der Waals surface area contributed by atoms with Crippen molar-refractivity contribution in [3.05, 3.63) is 77.0 Å². The number of hydrogen-bond donors (Lipinski definition) is 2. The van der Waals surface area contributed by atoms with Gasteiger partial charge in [0.15, 0.2) is 5.11 Å². The average molecular weight is 424 g/mol. The van der Waals surface area contributed by atoms with Crippen molar-refractivity contribution in [2.75, 3.05) is 19.5 Å². The molecule has 0 saturated carbocycles. The maximum absolute atomic E-state index is 12.4. The molecule has 0 bridgehead atoms. The average Bonchev–Trinajstić information content (AvgIpc) is 2.76. The summed E-state index contributed by atoms with van der Waals surface area (Å²) in [6.45, 7) is 1.83. The van der Waals surface area contributed by atoms with E-state index in [2.05, 4.69) is 10.6 Å². The fourth-order valence-electron chi connectivity index (χ4n) is 3.38. The van der Waals surface area contributed by atoms with Gasteiger partial charge in [-0.05, 0) is 48.8 Å². The summed E-state index contributed by atoms with van der Waals surface area (Å²) in [6.07, 6.45) is 1.06. The molecule has 7 heteroatoms. The second-order valence-electron chi connectivity index (χ2n) is 7.09. The van der Waals surface area contributed by atoms with Crippen molar-refractivity contribution in [2.24, 2.45) is 0 Å². The molecule has 1 atom stereocenters. The first kappa shape index (κ1) is 21.5. The zero-order chi connectivity index (χ0) is 21.7. The topological polar surface area (TPSA) is 70.7 Å². The molecule has 0 saturated heterocycles. The number of rotatable bonds is 6. The molecule has 1 aliphatic rings. The van der Waals surface area contributed by atoms with E-state index in [1.807, 2.05) is 61.5 Å². The molecular weight excluding hydrogens is 398 g/mol. The number of aryl methyl sites for hydroxylation is 1. The summed E-state index contributed by atoms with van der Waals surface area (Å²) in [6, 6.07) is 16.8. The van der Waals surface area contributed by atoms with Gasteiger partial charge >= 0.3 is 5.97 Å². The Morgan fingerprint density at radius 3 is 2.60 bits per heavy atom. The summed E-state index contributed by atoms with van der Waals surface area (Å²) in [5.41, 5.74) is 3.81. The maximum Gasteiger partial charge on any atom is 0.337 e. The summed E-state index contributed by atoms with van der Waals surface area (Å²) < 4.78 is 4.99. The van der Waals surface area contributed by atoms with Gasteiger partial charge in [-0.1, -0.05) is 42.5 Å². The first-order valence-corrected chi connectivity index (χ1v) is 10.1. The number of benzene rings is 2. The standard InChI is InChI=1S/C23H25N3O3S/c1-15-20(22(28)29-3)21(25-23(30)26(15)2)17-10-7-11-18(14-17)24-19(27)13-12-16-8-5-4-6-9-16/h4-11,14,21H,12-13H2,1-3H3,(H,24,27)(H,25,30)/t21-/m0/s1. The van der Waals surface area contributed by atoms with Crippen molar-refractivity contribution in [3.63, 3.8) is 0 Å². The molecule has 2 N–H and O–H groups in total. The largest absolute Gasteiger partial charge is 0.466 e. The van der Waals surface area contributed by atoms with Crippen LogP contribution in [0.4, 0.5) is 5.69 Å². The molecule has 156 valence electrons. The van der Waals surface area contributed by atoms with Crippen LogP contribution in [0, 0.1) is 0 Å². The van der Waals surface area contributed by atoms with Gasteiger partial charge in [-0.2, -0.15) is 0 Å². The Morgan fingerprint density at radius 2 is 1.90 bits per heavy atom. The van der Waals surface area contributed by atoms with Crippen molar-refractivity contribution in [1.82, 2.24) is 10.2 Å². The lowest BCUT2D eigenvalue weighted by atomic mass is 9.95. The highest BCUT2D eigenvalue weighted by molar-refractivity contribution is 7.80. The number of anilines is 1. The van der Waals surface area contributed by atoms with Crippen LogP contribution in [0.25, 0.3) is 0 Å². The van der Waals surface area contributed by atoms with E-state index in [4.69, 9.17) is 17.0 Å².